The lowest BCUT2D eigenvalue weighted by molar-refractivity contribution is -0.114. The molecule has 104 valence electrons. The predicted octanol–water partition coefficient (Wildman–Crippen LogP) is 3.42. The molecule has 0 aliphatic rings. The lowest BCUT2D eigenvalue weighted by Gasteiger charge is -2.07. The molecule has 1 heterocycles. The second-order valence-corrected chi connectivity index (χ2v) is 4.73. The van der Waals surface area contributed by atoms with Crippen LogP contribution in [0.4, 0.5) is 5.69 Å². The van der Waals surface area contributed by atoms with Gasteiger partial charge in [-0.2, -0.15) is 0 Å². The maximum atomic E-state index is 11.7. The van der Waals surface area contributed by atoms with E-state index in [4.69, 9.17) is 4.42 Å². The van der Waals surface area contributed by atoms with Crippen LogP contribution in [0.25, 0.3) is 22.1 Å². The first-order chi connectivity index (χ1) is 10.1. The standard InChI is InChI=1S/C17H13NO3/c1-11(19)18-13-8-6-12(7-9-13)15-10-17(20)21-16-5-3-2-4-14(15)16/h2-10H,1H3,(H,18,19). The summed E-state index contributed by atoms with van der Waals surface area (Å²) < 4.78 is 5.19. The van der Waals surface area contributed by atoms with Crippen LogP contribution in [0, 0.1) is 0 Å². The van der Waals surface area contributed by atoms with Gasteiger partial charge in [-0.05, 0) is 29.3 Å². The molecule has 3 rings (SSSR count). The molecule has 1 amide bonds. The summed E-state index contributed by atoms with van der Waals surface area (Å²) in [7, 11) is 0. The van der Waals surface area contributed by atoms with E-state index < -0.39 is 0 Å². The van der Waals surface area contributed by atoms with E-state index in [1.165, 1.54) is 13.0 Å². The van der Waals surface area contributed by atoms with Crippen molar-refractivity contribution in [2.24, 2.45) is 0 Å². The summed E-state index contributed by atoms with van der Waals surface area (Å²) >= 11 is 0. The minimum Gasteiger partial charge on any atom is -0.423 e. The number of fused-ring (bicyclic) bond motifs is 1. The number of para-hydroxylation sites is 1. The number of hydrogen-bond donors (Lipinski definition) is 1. The summed E-state index contributed by atoms with van der Waals surface area (Å²) in [5.74, 6) is -0.117. The molecule has 4 heteroatoms. The molecule has 0 spiro atoms. The molecule has 0 saturated heterocycles. The Morgan fingerprint density at radius 1 is 1.05 bits per heavy atom. The number of carbonyl (C=O) groups excluding carboxylic acids is 1. The molecular weight excluding hydrogens is 266 g/mol. The van der Waals surface area contributed by atoms with Gasteiger partial charge in [0.15, 0.2) is 0 Å². The Kier molecular flexibility index (Phi) is 3.28. The van der Waals surface area contributed by atoms with Crippen LogP contribution in [0.5, 0.6) is 0 Å². The van der Waals surface area contributed by atoms with E-state index in [2.05, 4.69) is 5.32 Å². The van der Waals surface area contributed by atoms with Gasteiger partial charge in [-0.1, -0.05) is 30.3 Å². The second-order valence-electron chi connectivity index (χ2n) is 4.73. The molecule has 0 unspecified atom stereocenters. The van der Waals surface area contributed by atoms with E-state index >= 15 is 0 Å². The average Bonchev–Trinajstić information content (AvgIpc) is 2.46. The normalized spacial score (nSPS) is 10.5. The van der Waals surface area contributed by atoms with Crippen LogP contribution < -0.4 is 10.9 Å². The Balaban J connectivity index is 2.12. The second kappa shape index (κ2) is 5.25. The number of hydrogen-bond acceptors (Lipinski definition) is 3. The van der Waals surface area contributed by atoms with E-state index in [-0.39, 0.29) is 11.5 Å². The zero-order valence-electron chi connectivity index (χ0n) is 11.4. The molecule has 0 radical (unpaired) electrons. The molecule has 0 atom stereocenters. The van der Waals surface area contributed by atoms with E-state index in [9.17, 15) is 9.59 Å². The minimum atomic E-state index is -0.380. The van der Waals surface area contributed by atoms with Gasteiger partial charge in [0.1, 0.15) is 5.58 Å². The number of nitrogens with one attached hydrogen (secondary N) is 1. The number of rotatable bonds is 2. The van der Waals surface area contributed by atoms with E-state index in [0.29, 0.717) is 5.58 Å². The summed E-state index contributed by atoms with van der Waals surface area (Å²) in [5.41, 5.74) is 2.61. The maximum Gasteiger partial charge on any atom is 0.336 e. The van der Waals surface area contributed by atoms with Crippen molar-refractivity contribution in [3.8, 4) is 11.1 Å². The molecular formula is C17H13NO3. The highest BCUT2D eigenvalue weighted by molar-refractivity contribution is 5.94. The molecule has 2 aromatic carbocycles. The number of benzene rings is 2. The van der Waals surface area contributed by atoms with E-state index in [1.807, 2.05) is 30.3 Å². The molecule has 0 aliphatic heterocycles. The molecule has 0 fully saturated rings. The topological polar surface area (TPSA) is 59.3 Å². The van der Waals surface area contributed by atoms with Gasteiger partial charge >= 0.3 is 5.63 Å². The van der Waals surface area contributed by atoms with Crippen molar-refractivity contribution in [2.45, 2.75) is 6.92 Å². The predicted molar refractivity (Wildman–Crippen MR) is 82.2 cm³/mol. The lowest BCUT2D eigenvalue weighted by atomic mass is 10.0. The highest BCUT2D eigenvalue weighted by atomic mass is 16.4. The molecule has 21 heavy (non-hydrogen) atoms. The van der Waals surface area contributed by atoms with Crippen LogP contribution >= 0.6 is 0 Å². The Labute approximate surface area is 121 Å². The van der Waals surface area contributed by atoms with Gasteiger partial charge in [0, 0.05) is 24.1 Å². The van der Waals surface area contributed by atoms with Crippen molar-refractivity contribution >= 4 is 22.6 Å². The van der Waals surface area contributed by atoms with Crippen LogP contribution in [0.2, 0.25) is 0 Å². The zero-order chi connectivity index (χ0) is 14.8. The maximum absolute atomic E-state index is 11.7. The summed E-state index contributed by atoms with van der Waals surface area (Å²) in [6.45, 7) is 1.46. The Morgan fingerprint density at radius 3 is 2.48 bits per heavy atom. The molecule has 3 aromatic rings. The summed E-state index contributed by atoms with van der Waals surface area (Å²) in [5, 5.41) is 3.59. The average molecular weight is 279 g/mol. The van der Waals surface area contributed by atoms with Crippen LogP contribution in [-0.4, -0.2) is 5.91 Å². The Hall–Kier alpha value is -2.88. The molecule has 1 aromatic heterocycles. The first-order valence-electron chi connectivity index (χ1n) is 6.54. The number of amides is 1. The van der Waals surface area contributed by atoms with Gasteiger partial charge in [0.05, 0.1) is 0 Å². The van der Waals surface area contributed by atoms with Crippen molar-refractivity contribution in [1.82, 2.24) is 0 Å². The third-order valence-electron chi connectivity index (χ3n) is 3.17. The van der Waals surface area contributed by atoms with Crippen molar-refractivity contribution in [3.05, 3.63) is 65.0 Å². The highest BCUT2D eigenvalue weighted by Gasteiger charge is 2.07. The van der Waals surface area contributed by atoms with Gasteiger partial charge in [0.25, 0.3) is 0 Å². The van der Waals surface area contributed by atoms with Gasteiger partial charge < -0.3 is 9.73 Å². The van der Waals surface area contributed by atoms with Crippen LogP contribution in [0.3, 0.4) is 0 Å². The Bertz CT molecular complexity index is 863. The smallest absolute Gasteiger partial charge is 0.336 e. The summed E-state index contributed by atoms with van der Waals surface area (Å²) in [6, 6.07) is 16.2. The van der Waals surface area contributed by atoms with Crippen molar-refractivity contribution in [1.29, 1.82) is 0 Å². The highest BCUT2D eigenvalue weighted by Crippen LogP contribution is 2.27. The van der Waals surface area contributed by atoms with Gasteiger partial charge in [0.2, 0.25) is 5.91 Å². The van der Waals surface area contributed by atoms with Crippen LogP contribution in [0.1, 0.15) is 6.92 Å². The van der Waals surface area contributed by atoms with Gasteiger partial charge in [-0.15, -0.1) is 0 Å². The third-order valence-corrected chi connectivity index (χ3v) is 3.17. The first kappa shape index (κ1) is 13.1. The molecule has 4 nitrogen and oxygen atoms in total. The zero-order valence-corrected chi connectivity index (χ0v) is 11.4. The minimum absolute atomic E-state index is 0.117. The number of carbonyl (C=O) groups is 1. The fourth-order valence-electron chi connectivity index (χ4n) is 2.29. The Morgan fingerprint density at radius 2 is 1.76 bits per heavy atom. The molecule has 0 bridgehead atoms. The fraction of sp³-hybridized carbons (Fsp3) is 0.0588. The largest absolute Gasteiger partial charge is 0.423 e. The number of anilines is 1. The van der Waals surface area contributed by atoms with E-state index in [1.54, 1.807) is 18.2 Å². The van der Waals surface area contributed by atoms with Gasteiger partial charge in [-0.3, -0.25) is 4.79 Å². The summed E-state index contributed by atoms with van der Waals surface area (Å²) in [6.07, 6.45) is 0. The van der Waals surface area contributed by atoms with Crippen LogP contribution in [-0.2, 0) is 4.79 Å². The lowest BCUT2D eigenvalue weighted by Crippen LogP contribution is -2.05. The third kappa shape index (κ3) is 2.69. The van der Waals surface area contributed by atoms with Crippen molar-refractivity contribution in [2.75, 3.05) is 5.32 Å². The van der Waals surface area contributed by atoms with Crippen molar-refractivity contribution < 1.29 is 9.21 Å². The van der Waals surface area contributed by atoms with E-state index in [0.717, 1.165) is 22.2 Å². The van der Waals surface area contributed by atoms with Crippen molar-refractivity contribution in [3.63, 3.8) is 0 Å². The molecule has 1 N–H and O–H groups in total. The first-order valence-corrected chi connectivity index (χ1v) is 6.54. The molecule has 0 aliphatic carbocycles. The van der Waals surface area contributed by atoms with Gasteiger partial charge in [-0.25, -0.2) is 4.79 Å². The van der Waals surface area contributed by atoms with Crippen LogP contribution in [0.15, 0.2) is 63.8 Å². The fourth-order valence-corrected chi connectivity index (χ4v) is 2.29. The quantitative estimate of drug-likeness (QED) is 0.731. The summed E-state index contributed by atoms with van der Waals surface area (Å²) in [4.78, 5) is 22.7. The SMILES string of the molecule is CC(=O)Nc1ccc(-c2cc(=O)oc3ccccc23)cc1. The monoisotopic (exact) mass is 279 g/mol. The molecule has 0 saturated carbocycles.